The highest BCUT2D eigenvalue weighted by Crippen LogP contribution is 2.15. The van der Waals surface area contributed by atoms with Crippen molar-refractivity contribution in [3.05, 3.63) is 64.1 Å². The van der Waals surface area contributed by atoms with Crippen LogP contribution in [0, 0.1) is 6.92 Å². The van der Waals surface area contributed by atoms with Gasteiger partial charge in [-0.3, -0.25) is 0 Å². The lowest BCUT2D eigenvalue weighted by atomic mass is 10.1. The van der Waals surface area contributed by atoms with Crippen molar-refractivity contribution in [1.29, 1.82) is 0 Å². The average Bonchev–Trinajstić information content (AvgIpc) is 2.45. The van der Waals surface area contributed by atoms with Gasteiger partial charge < -0.3 is 10.1 Å². The van der Waals surface area contributed by atoms with E-state index in [1.807, 2.05) is 24.3 Å². The Hall–Kier alpha value is -1.32. The van der Waals surface area contributed by atoms with Crippen LogP contribution >= 0.6 is 15.9 Å². The fourth-order valence-corrected chi connectivity index (χ4v) is 2.26. The van der Waals surface area contributed by atoms with Crippen LogP contribution in [0.25, 0.3) is 0 Å². The number of aryl methyl sites for hydroxylation is 1. The molecule has 0 saturated heterocycles. The summed E-state index contributed by atoms with van der Waals surface area (Å²) in [6, 6.07) is 16.6. The number of hydrogen-bond acceptors (Lipinski definition) is 2. The summed E-state index contributed by atoms with van der Waals surface area (Å²) in [4.78, 5) is 0. The highest BCUT2D eigenvalue weighted by Gasteiger charge is 1.95. The van der Waals surface area contributed by atoms with Gasteiger partial charge in [-0.15, -0.1) is 0 Å². The molecule has 2 rings (SSSR count). The molecule has 20 heavy (non-hydrogen) atoms. The third-order valence-corrected chi connectivity index (χ3v) is 3.56. The smallest absolute Gasteiger partial charge is 0.119 e. The molecule has 0 aromatic heterocycles. The first-order valence-corrected chi connectivity index (χ1v) is 7.68. The van der Waals surface area contributed by atoms with E-state index in [2.05, 4.69) is 52.4 Å². The van der Waals surface area contributed by atoms with Gasteiger partial charge in [-0.05, 0) is 49.7 Å². The number of nitrogens with one attached hydrogen (secondary N) is 1. The van der Waals surface area contributed by atoms with Crippen LogP contribution in [-0.2, 0) is 6.42 Å². The molecule has 106 valence electrons. The molecule has 0 amide bonds. The largest absolute Gasteiger partial charge is 0.492 e. The molecular weight excluding hydrogens is 314 g/mol. The fraction of sp³-hybridized carbons (Fsp3) is 0.294. The van der Waals surface area contributed by atoms with Gasteiger partial charge in [0.15, 0.2) is 0 Å². The zero-order chi connectivity index (χ0) is 14.2. The van der Waals surface area contributed by atoms with Crippen LogP contribution in [0.4, 0.5) is 0 Å². The van der Waals surface area contributed by atoms with Crippen LogP contribution in [0.15, 0.2) is 53.0 Å². The van der Waals surface area contributed by atoms with Gasteiger partial charge in [0, 0.05) is 11.0 Å². The van der Waals surface area contributed by atoms with Crippen molar-refractivity contribution in [2.45, 2.75) is 13.3 Å². The van der Waals surface area contributed by atoms with E-state index in [0.717, 1.165) is 29.7 Å². The fourth-order valence-electron chi connectivity index (χ4n) is 2.00. The van der Waals surface area contributed by atoms with E-state index < -0.39 is 0 Å². The summed E-state index contributed by atoms with van der Waals surface area (Å²) < 4.78 is 6.72. The van der Waals surface area contributed by atoms with Crippen LogP contribution in [-0.4, -0.2) is 19.7 Å². The molecule has 0 unspecified atom stereocenters. The Morgan fingerprint density at radius 1 is 1.05 bits per heavy atom. The van der Waals surface area contributed by atoms with Crippen molar-refractivity contribution in [2.24, 2.45) is 0 Å². The minimum atomic E-state index is 0.690. The zero-order valence-electron chi connectivity index (χ0n) is 11.7. The second kappa shape index (κ2) is 8.08. The molecule has 0 radical (unpaired) electrons. The normalized spacial score (nSPS) is 10.5. The highest BCUT2D eigenvalue weighted by molar-refractivity contribution is 9.10. The first kappa shape index (κ1) is 15.1. The Balaban J connectivity index is 1.59. The summed E-state index contributed by atoms with van der Waals surface area (Å²) in [6.07, 6.45) is 1.06. The van der Waals surface area contributed by atoms with Gasteiger partial charge in [0.25, 0.3) is 0 Å². The molecule has 0 aliphatic rings. The van der Waals surface area contributed by atoms with Crippen LogP contribution in [0.2, 0.25) is 0 Å². The lowest BCUT2D eigenvalue weighted by molar-refractivity contribution is 0.314. The van der Waals surface area contributed by atoms with E-state index in [9.17, 15) is 0 Å². The third-order valence-electron chi connectivity index (χ3n) is 3.03. The summed E-state index contributed by atoms with van der Waals surface area (Å²) in [7, 11) is 0. The molecule has 2 aromatic rings. The van der Waals surface area contributed by atoms with E-state index in [0.29, 0.717) is 6.61 Å². The molecular formula is C17H20BrNO. The minimum absolute atomic E-state index is 0.690. The van der Waals surface area contributed by atoms with E-state index in [4.69, 9.17) is 4.74 Å². The molecule has 2 nitrogen and oxygen atoms in total. The Kier molecular flexibility index (Phi) is 6.09. The predicted octanol–water partition coefficient (Wildman–Crippen LogP) is 3.97. The predicted molar refractivity (Wildman–Crippen MR) is 87.4 cm³/mol. The monoisotopic (exact) mass is 333 g/mol. The maximum atomic E-state index is 5.65. The van der Waals surface area contributed by atoms with Crippen molar-refractivity contribution >= 4 is 15.9 Å². The molecule has 1 N–H and O–H groups in total. The van der Waals surface area contributed by atoms with E-state index in [1.165, 1.54) is 11.1 Å². The Bertz CT molecular complexity index is 525. The molecule has 0 spiro atoms. The Labute approximate surface area is 129 Å². The summed E-state index contributed by atoms with van der Waals surface area (Å²) in [6.45, 7) is 4.66. The topological polar surface area (TPSA) is 21.3 Å². The number of halogens is 1. The van der Waals surface area contributed by atoms with Gasteiger partial charge >= 0.3 is 0 Å². The quantitative estimate of drug-likeness (QED) is 0.774. The maximum Gasteiger partial charge on any atom is 0.119 e. The van der Waals surface area contributed by atoms with Crippen molar-refractivity contribution in [2.75, 3.05) is 19.7 Å². The van der Waals surface area contributed by atoms with E-state index in [1.54, 1.807) is 0 Å². The third kappa shape index (κ3) is 5.35. The first-order chi connectivity index (χ1) is 9.74. The molecule has 0 heterocycles. The number of ether oxygens (including phenoxy) is 1. The van der Waals surface area contributed by atoms with Gasteiger partial charge in [-0.25, -0.2) is 0 Å². The molecule has 0 bridgehead atoms. The lowest BCUT2D eigenvalue weighted by Crippen LogP contribution is -2.23. The van der Waals surface area contributed by atoms with E-state index in [-0.39, 0.29) is 0 Å². The van der Waals surface area contributed by atoms with Gasteiger partial charge in [-0.1, -0.05) is 45.8 Å². The van der Waals surface area contributed by atoms with Crippen LogP contribution in [0.1, 0.15) is 11.1 Å². The van der Waals surface area contributed by atoms with Gasteiger partial charge in [-0.2, -0.15) is 0 Å². The number of rotatable bonds is 7. The molecule has 3 heteroatoms. The number of benzene rings is 2. The lowest BCUT2D eigenvalue weighted by Gasteiger charge is -2.08. The van der Waals surface area contributed by atoms with Gasteiger partial charge in [0.05, 0.1) is 0 Å². The zero-order valence-corrected chi connectivity index (χ0v) is 13.3. The Morgan fingerprint density at radius 3 is 2.60 bits per heavy atom. The second-order valence-corrected chi connectivity index (χ2v) is 5.71. The summed E-state index contributed by atoms with van der Waals surface area (Å²) >= 11 is 3.41. The first-order valence-electron chi connectivity index (χ1n) is 6.89. The summed E-state index contributed by atoms with van der Waals surface area (Å²) in [5.74, 6) is 0.911. The molecule has 0 atom stereocenters. The van der Waals surface area contributed by atoms with Crippen LogP contribution in [0.3, 0.4) is 0 Å². The van der Waals surface area contributed by atoms with Gasteiger partial charge in [0.2, 0.25) is 0 Å². The van der Waals surface area contributed by atoms with E-state index >= 15 is 0 Å². The molecule has 0 saturated carbocycles. The van der Waals surface area contributed by atoms with Crippen LogP contribution in [0.5, 0.6) is 5.75 Å². The maximum absolute atomic E-state index is 5.65. The average molecular weight is 334 g/mol. The molecule has 0 aliphatic carbocycles. The standard InChI is InChI=1S/C17H20BrNO/c1-14-3-2-4-15(13-14)9-10-19-11-12-20-17-7-5-16(18)6-8-17/h2-8,13,19H,9-12H2,1H3. The SMILES string of the molecule is Cc1cccc(CCNCCOc2ccc(Br)cc2)c1. The van der Waals surface area contributed by atoms with Crippen molar-refractivity contribution in [1.82, 2.24) is 5.32 Å². The summed E-state index contributed by atoms with van der Waals surface area (Å²) in [5, 5.41) is 3.40. The molecule has 0 fully saturated rings. The highest BCUT2D eigenvalue weighted by atomic mass is 79.9. The van der Waals surface area contributed by atoms with Gasteiger partial charge in [0.1, 0.15) is 12.4 Å². The van der Waals surface area contributed by atoms with Crippen molar-refractivity contribution in [3.63, 3.8) is 0 Å². The molecule has 2 aromatic carbocycles. The second-order valence-electron chi connectivity index (χ2n) is 4.79. The number of hydrogen-bond donors (Lipinski definition) is 1. The van der Waals surface area contributed by atoms with Crippen molar-refractivity contribution < 1.29 is 4.74 Å². The Morgan fingerprint density at radius 2 is 1.85 bits per heavy atom. The van der Waals surface area contributed by atoms with Crippen LogP contribution < -0.4 is 10.1 Å². The molecule has 0 aliphatic heterocycles. The van der Waals surface area contributed by atoms with Crippen molar-refractivity contribution in [3.8, 4) is 5.75 Å². The minimum Gasteiger partial charge on any atom is -0.492 e. The summed E-state index contributed by atoms with van der Waals surface area (Å²) in [5.41, 5.74) is 2.70.